The van der Waals surface area contributed by atoms with E-state index in [0.29, 0.717) is 0 Å². The standard InChI is InChI=1S/C38H26N4S/c1-23-3-5-27-7-9-29-15-21-33(41-37(29)35(27)39-23)25-11-17-31(18-12-25)43-32-19-13-26(14-20-32)34-22-16-30-10-8-28-6-4-24(2)40-36(28)38(30)42-34/h3-22H,1-2H3. The molecule has 5 heteroatoms. The molecule has 4 aromatic heterocycles. The van der Waals surface area contributed by atoms with Crippen molar-refractivity contribution < 1.29 is 0 Å². The zero-order valence-corrected chi connectivity index (χ0v) is 24.6. The Balaban J connectivity index is 1.04. The van der Waals surface area contributed by atoms with Crippen LogP contribution in [0.25, 0.3) is 66.1 Å². The molecule has 0 radical (unpaired) electrons. The van der Waals surface area contributed by atoms with E-state index in [1.807, 2.05) is 26.0 Å². The highest BCUT2D eigenvalue weighted by Crippen LogP contribution is 2.33. The molecule has 0 N–H and O–H groups in total. The molecule has 43 heavy (non-hydrogen) atoms. The number of pyridine rings is 4. The molecule has 0 aliphatic heterocycles. The SMILES string of the molecule is Cc1ccc2ccc3ccc(-c4ccc(Sc5ccc(-c6ccc7ccc8ccc(C)nc8c7n6)cc5)cc4)nc3c2n1. The van der Waals surface area contributed by atoms with Gasteiger partial charge in [-0.05, 0) is 62.4 Å². The van der Waals surface area contributed by atoms with Gasteiger partial charge in [0.1, 0.15) is 0 Å². The summed E-state index contributed by atoms with van der Waals surface area (Å²) in [6.07, 6.45) is 0. The lowest BCUT2D eigenvalue weighted by atomic mass is 10.1. The van der Waals surface area contributed by atoms with Crippen molar-refractivity contribution in [3.63, 3.8) is 0 Å². The highest BCUT2D eigenvalue weighted by atomic mass is 32.2. The van der Waals surface area contributed by atoms with Gasteiger partial charge in [-0.15, -0.1) is 0 Å². The van der Waals surface area contributed by atoms with Crippen LogP contribution in [0.1, 0.15) is 11.4 Å². The number of fused-ring (bicyclic) bond motifs is 6. The summed E-state index contributed by atoms with van der Waals surface area (Å²) in [6, 6.07) is 42.5. The van der Waals surface area contributed by atoms with Crippen LogP contribution in [-0.4, -0.2) is 19.9 Å². The van der Waals surface area contributed by atoms with Crippen molar-refractivity contribution in [2.24, 2.45) is 0 Å². The summed E-state index contributed by atoms with van der Waals surface area (Å²) in [5.74, 6) is 0. The Kier molecular flexibility index (Phi) is 6.12. The zero-order valence-electron chi connectivity index (χ0n) is 23.7. The molecule has 0 atom stereocenters. The van der Waals surface area contributed by atoms with Gasteiger partial charge in [-0.25, -0.2) is 9.97 Å². The summed E-state index contributed by atoms with van der Waals surface area (Å²) in [4.78, 5) is 22.0. The first kappa shape index (κ1) is 25.6. The zero-order chi connectivity index (χ0) is 28.9. The number of hydrogen-bond donors (Lipinski definition) is 0. The van der Waals surface area contributed by atoms with E-state index >= 15 is 0 Å². The minimum absolute atomic E-state index is 0.942. The maximum Gasteiger partial charge on any atom is 0.0972 e. The maximum absolute atomic E-state index is 5.03. The molecule has 4 heterocycles. The van der Waals surface area contributed by atoms with Crippen molar-refractivity contribution in [1.29, 1.82) is 0 Å². The van der Waals surface area contributed by atoms with Gasteiger partial charge < -0.3 is 0 Å². The van der Waals surface area contributed by atoms with Crippen molar-refractivity contribution in [1.82, 2.24) is 19.9 Å². The van der Waals surface area contributed by atoms with Gasteiger partial charge in [0.05, 0.1) is 33.5 Å². The monoisotopic (exact) mass is 570 g/mol. The average Bonchev–Trinajstić information content (AvgIpc) is 3.05. The third-order valence-corrected chi connectivity index (χ3v) is 8.87. The highest BCUT2D eigenvalue weighted by molar-refractivity contribution is 7.99. The van der Waals surface area contributed by atoms with E-state index in [-0.39, 0.29) is 0 Å². The Morgan fingerprint density at radius 2 is 0.674 bits per heavy atom. The van der Waals surface area contributed by atoms with Crippen molar-refractivity contribution in [2.75, 3.05) is 0 Å². The van der Waals surface area contributed by atoms with Crippen LogP contribution in [-0.2, 0) is 0 Å². The highest BCUT2D eigenvalue weighted by Gasteiger charge is 2.09. The van der Waals surface area contributed by atoms with E-state index in [0.717, 1.165) is 77.5 Å². The van der Waals surface area contributed by atoms with E-state index in [4.69, 9.17) is 19.9 Å². The average molecular weight is 571 g/mol. The summed E-state index contributed by atoms with van der Waals surface area (Å²) in [6.45, 7) is 4.04. The van der Waals surface area contributed by atoms with Gasteiger partial charge in [0.2, 0.25) is 0 Å². The van der Waals surface area contributed by atoms with Crippen LogP contribution in [0.15, 0.2) is 131 Å². The summed E-state index contributed by atoms with van der Waals surface area (Å²) in [5, 5.41) is 4.42. The van der Waals surface area contributed by atoms with Crippen LogP contribution < -0.4 is 0 Å². The van der Waals surface area contributed by atoms with Crippen LogP contribution in [0.2, 0.25) is 0 Å². The van der Waals surface area contributed by atoms with Crippen LogP contribution in [0, 0.1) is 13.8 Å². The van der Waals surface area contributed by atoms with Gasteiger partial charge in [0.25, 0.3) is 0 Å². The normalized spacial score (nSPS) is 11.6. The van der Waals surface area contributed by atoms with E-state index in [1.54, 1.807) is 11.8 Å². The number of aromatic nitrogens is 4. The lowest BCUT2D eigenvalue weighted by Crippen LogP contribution is -1.90. The Labute approximate surface area is 253 Å². The summed E-state index contributed by atoms with van der Waals surface area (Å²) in [7, 11) is 0. The second kappa shape index (κ2) is 10.3. The molecule has 0 saturated carbocycles. The fourth-order valence-electron chi connectivity index (χ4n) is 5.58. The molecule has 4 nitrogen and oxygen atoms in total. The molecule has 0 fully saturated rings. The summed E-state index contributed by atoms with van der Waals surface area (Å²) < 4.78 is 0. The first-order valence-electron chi connectivity index (χ1n) is 14.3. The Morgan fingerprint density at radius 1 is 0.349 bits per heavy atom. The molecule has 0 aliphatic rings. The van der Waals surface area contributed by atoms with Crippen LogP contribution in [0.4, 0.5) is 0 Å². The van der Waals surface area contributed by atoms with Crippen molar-refractivity contribution in [3.05, 3.63) is 133 Å². The fraction of sp³-hybridized carbons (Fsp3) is 0.0526. The molecule has 8 rings (SSSR count). The second-order valence-electron chi connectivity index (χ2n) is 10.9. The number of rotatable bonds is 4. The van der Waals surface area contributed by atoms with Crippen molar-refractivity contribution >= 4 is 55.4 Å². The second-order valence-corrected chi connectivity index (χ2v) is 12.0. The number of benzene rings is 4. The van der Waals surface area contributed by atoms with Crippen molar-refractivity contribution in [3.8, 4) is 22.5 Å². The molecule has 0 unspecified atom stereocenters. The lowest BCUT2D eigenvalue weighted by Gasteiger charge is -2.09. The molecular formula is C38H26N4S. The third-order valence-electron chi connectivity index (χ3n) is 7.85. The van der Waals surface area contributed by atoms with Gasteiger partial charge >= 0.3 is 0 Å². The topological polar surface area (TPSA) is 51.6 Å². The Morgan fingerprint density at radius 3 is 1.07 bits per heavy atom. The fourth-order valence-corrected chi connectivity index (χ4v) is 6.39. The van der Waals surface area contributed by atoms with Crippen molar-refractivity contribution in [2.45, 2.75) is 23.6 Å². The van der Waals surface area contributed by atoms with Gasteiger partial charge in [-0.2, -0.15) is 0 Å². The lowest BCUT2D eigenvalue weighted by molar-refractivity contribution is 1.25. The summed E-state index contributed by atoms with van der Waals surface area (Å²) in [5.41, 5.74) is 9.86. The molecule has 0 aliphatic carbocycles. The van der Waals surface area contributed by atoms with E-state index in [1.165, 1.54) is 9.79 Å². The third kappa shape index (κ3) is 4.78. The largest absolute Gasteiger partial charge is 0.251 e. The van der Waals surface area contributed by atoms with E-state index in [9.17, 15) is 0 Å². The maximum atomic E-state index is 5.03. The first-order valence-corrected chi connectivity index (χ1v) is 15.1. The molecular weight excluding hydrogens is 545 g/mol. The molecule has 0 bridgehead atoms. The predicted molar refractivity (Wildman–Crippen MR) is 179 cm³/mol. The molecule has 0 saturated heterocycles. The minimum Gasteiger partial charge on any atom is -0.251 e. The van der Waals surface area contributed by atoms with Gasteiger partial charge in [0, 0.05) is 53.9 Å². The predicted octanol–water partition coefficient (Wildman–Crippen LogP) is 9.98. The van der Waals surface area contributed by atoms with Gasteiger partial charge in [0.15, 0.2) is 0 Å². The molecule has 0 spiro atoms. The van der Waals surface area contributed by atoms with Crippen LogP contribution in [0.3, 0.4) is 0 Å². The van der Waals surface area contributed by atoms with Crippen LogP contribution in [0.5, 0.6) is 0 Å². The van der Waals surface area contributed by atoms with E-state index < -0.39 is 0 Å². The minimum atomic E-state index is 0.942. The first-order chi connectivity index (χ1) is 21.1. The molecule has 0 amide bonds. The number of hydrogen-bond acceptors (Lipinski definition) is 5. The smallest absolute Gasteiger partial charge is 0.0972 e. The Bertz CT molecular complexity index is 2160. The van der Waals surface area contributed by atoms with Gasteiger partial charge in [-0.1, -0.05) is 84.6 Å². The Hall–Kier alpha value is -5.13. The molecule has 8 aromatic rings. The number of aryl methyl sites for hydroxylation is 2. The quantitative estimate of drug-likeness (QED) is 0.197. The van der Waals surface area contributed by atoms with Crippen LogP contribution >= 0.6 is 11.8 Å². The molecule has 4 aromatic carbocycles. The summed E-state index contributed by atoms with van der Waals surface area (Å²) >= 11 is 1.75. The van der Waals surface area contributed by atoms with Gasteiger partial charge in [-0.3, -0.25) is 9.97 Å². The molecule has 204 valence electrons. The number of nitrogens with zero attached hydrogens (tertiary/aromatic N) is 4. The van der Waals surface area contributed by atoms with E-state index in [2.05, 4.69) is 109 Å².